The van der Waals surface area contributed by atoms with E-state index in [-0.39, 0.29) is 17.2 Å². The monoisotopic (exact) mass is 451 g/mol. The number of para-hydroxylation sites is 1. The van der Waals surface area contributed by atoms with E-state index < -0.39 is 17.9 Å². The minimum Gasteiger partial charge on any atom is -0.450 e. The number of carbonyl (C=O) groups is 3. The van der Waals surface area contributed by atoms with Crippen LogP contribution in [0.1, 0.15) is 27.1 Å². The Balaban J connectivity index is 1.65. The van der Waals surface area contributed by atoms with Crippen molar-refractivity contribution in [1.82, 2.24) is 10.3 Å². The van der Waals surface area contributed by atoms with Crippen LogP contribution in [0.4, 0.5) is 9.80 Å². The van der Waals surface area contributed by atoms with E-state index in [0.717, 1.165) is 20.7 Å². The molecule has 0 saturated carbocycles. The van der Waals surface area contributed by atoms with Gasteiger partial charge in [0.05, 0.1) is 22.4 Å². The van der Waals surface area contributed by atoms with Crippen LogP contribution in [0.5, 0.6) is 0 Å². The van der Waals surface area contributed by atoms with Crippen LogP contribution in [-0.2, 0) is 4.74 Å². The Bertz CT molecular complexity index is 1230. The number of thiophene rings is 1. The van der Waals surface area contributed by atoms with Crippen LogP contribution in [0.2, 0.25) is 0 Å². The van der Waals surface area contributed by atoms with Crippen molar-refractivity contribution >= 4 is 55.8 Å². The summed E-state index contributed by atoms with van der Waals surface area (Å²) >= 11 is 2.51. The fourth-order valence-electron chi connectivity index (χ4n) is 2.85. The molecule has 9 heteroatoms. The number of nitrogens with one attached hydrogen (secondary N) is 2. The van der Waals surface area contributed by atoms with Crippen molar-refractivity contribution in [3.05, 3.63) is 71.2 Å². The summed E-state index contributed by atoms with van der Waals surface area (Å²) in [4.78, 5) is 42.4. The van der Waals surface area contributed by atoms with E-state index in [1.807, 2.05) is 54.6 Å². The lowest BCUT2D eigenvalue weighted by atomic mass is 10.1. The molecule has 7 nitrogen and oxygen atoms in total. The van der Waals surface area contributed by atoms with Crippen molar-refractivity contribution in [2.24, 2.45) is 0 Å². The summed E-state index contributed by atoms with van der Waals surface area (Å²) in [5.74, 6) is -1.08. The zero-order chi connectivity index (χ0) is 21.8. The van der Waals surface area contributed by atoms with Gasteiger partial charge >= 0.3 is 6.09 Å². The summed E-state index contributed by atoms with van der Waals surface area (Å²) < 4.78 is 5.68. The van der Waals surface area contributed by atoms with Crippen LogP contribution in [0.15, 0.2) is 60.7 Å². The van der Waals surface area contributed by atoms with E-state index in [2.05, 4.69) is 15.6 Å². The molecule has 0 saturated heterocycles. The van der Waals surface area contributed by atoms with E-state index in [9.17, 15) is 14.4 Å². The topological polar surface area (TPSA) is 97.4 Å². The molecule has 0 atom stereocenters. The third-order valence-corrected chi connectivity index (χ3v) is 6.38. The average molecular weight is 452 g/mol. The van der Waals surface area contributed by atoms with Gasteiger partial charge in [0.15, 0.2) is 5.01 Å². The van der Waals surface area contributed by atoms with Crippen molar-refractivity contribution in [3.63, 3.8) is 0 Å². The number of alkyl carbamates (subject to hydrolysis) is 1. The smallest absolute Gasteiger partial charge is 0.414 e. The Morgan fingerprint density at radius 2 is 1.71 bits per heavy atom. The van der Waals surface area contributed by atoms with Crippen molar-refractivity contribution in [3.8, 4) is 10.4 Å². The molecule has 0 bridgehead atoms. The largest absolute Gasteiger partial charge is 0.450 e. The van der Waals surface area contributed by atoms with Gasteiger partial charge in [0, 0.05) is 4.88 Å². The number of ether oxygens (including phenoxy) is 1. The van der Waals surface area contributed by atoms with Crippen molar-refractivity contribution in [1.29, 1.82) is 0 Å². The van der Waals surface area contributed by atoms with Gasteiger partial charge in [-0.05, 0) is 30.7 Å². The maximum atomic E-state index is 12.8. The lowest BCUT2D eigenvalue weighted by molar-refractivity contribution is 0.0926. The minimum atomic E-state index is -0.844. The van der Waals surface area contributed by atoms with E-state index in [4.69, 9.17) is 4.74 Å². The van der Waals surface area contributed by atoms with Crippen LogP contribution >= 0.6 is 22.7 Å². The SMILES string of the molecule is CCOC(=O)NC(=O)c1cc(-c2ccccc2)sc1NC(=O)c1nc2ccccc2s1. The van der Waals surface area contributed by atoms with E-state index >= 15 is 0 Å². The summed E-state index contributed by atoms with van der Waals surface area (Å²) in [6.07, 6.45) is -0.844. The molecule has 2 N–H and O–H groups in total. The maximum absolute atomic E-state index is 12.8. The highest BCUT2D eigenvalue weighted by Gasteiger charge is 2.22. The number of benzene rings is 2. The maximum Gasteiger partial charge on any atom is 0.414 e. The lowest BCUT2D eigenvalue weighted by Gasteiger charge is -2.05. The second-order valence-electron chi connectivity index (χ2n) is 6.33. The molecular weight excluding hydrogens is 434 g/mol. The average Bonchev–Trinajstić information content (AvgIpc) is 3.39. The Hall–Kier alpha value is -3.56. The second kappa shape index (κ2) is 9.07. The molecule has 0 unspecified atom stereocenters. The van der Waals surface area contributed by atoms with Gasteiger partial charge < -0.3 is 10.1 Å². The molecular formula is C22H17N3O4S2. The molecule has 31 heavy (non-hydrogen) atoms. The quantitative estimate of drug-likeness (QED) is 0.437. The predicted molar refractivity (Wildman–Crippen MR) is 122 cm³/mol. The number of thiazole rings is 1. The first kappa shape index (κ1) is 20.7. The summed E-state index contributed by atoms with van der Waals surface area (Å²) in [6.45, 7) is 1.78. The van der Waals surface area contributed by atoms with Crippen LogP contribution in [0.3, 0.4) is 0 Å². The van der Waals surface area contributed by atoms with Gasteiger partial charge in [0.1, 0.15) is 5.00 Å². The number of anilines is 1. The molecule has 2 aromatic carbocycles. The van der Waals surface area contributed by atoms with Crippen molar-refractivity contribution in [2.45, 2.75) is 6.92 Å². The van der Waals surface area contributed by atoms with Gasteiger partial charge in [0.2, 0.25) is 0 Å². The van der Waals surface area contributed by atoms with Gasteiger partial charge in [-0.2, -0.15) is 0 Å². The molecule has 4 rings (SSSR count). The molecule has 156 valence electrons. The predicted octanol–water partition coefficient (Wildman–Crippen LogP) is 5.16. The Kier molecular flexibility index (Phi) is 6.06. The molecule has 0 aliphatic carbocycles. The first-order valence-corrected chi connectivity index (χ1v) is 11.0. The molecule has 2 aromatic heterocycles. The Morgan fingerprint density at radius 3 is 2.45 bits per heavy atom. The second-order valence-corrected chi connectivity index (χ2v) is 8.42. The summed E-state index contributed by atoms with van der Waals surface area (Å²) in [6, 6.07) is 18.6. The number of nitrogens with zero attached hydrogens (tertiary/aromatic N) is 1. The van der Waals surface area contributed by atoms with E-state index in [0.29, 0.717) is 5.00 Å². The van der Waals surface area contributed by atoms with Crippen molar-refractivity contribution < 1.29 is 19.1 Å². The molecule has 0 fully saturated rings. The highest BCUT2D eigenvalue weighted by Crippen LogP contribution is 2.36. The van der Waals surface area contributed by atoms with Gasteiger partial charge in [-0.25, -0.2) is 9.78 Å². The first-order chi connectivity index (χ1) is 15.0. The number of hydrogen-bond acceptors (Lipinski definition) is 7. The number of rotatable bonds is 5. The van der Waals surface area contributed by atoms with Gasteiger partial charge in [-0.15, -0.1) is 22.7 Å². The normalized spacial score (nSPS) is 10.6. The highest BCUT2D eigenvalue weighted by atomic mass is 32.1. The third-order valence-electron chi connectivity index (χ3n) is 4.24. The molecule has 0 aliphatic heterocycles. The van der Waals surface area contributed by atoms with Crippen LogP contribution < -0.4 is 10.6 Å². The first-order valence-electron chi connectivity index (χ1n) is 9.39. The number of aromatic nitrogens is 1. The van der Waals surface area contributed by atoms with Crippen LogP contribution in [0.25, 0.3) is 20.7 Å². The zero-order valence-corrected chi connectivity index (χ0v) is 18.0. The summed E-state index contributed by atoms with van der Waals surface area (Å²) in [7, 11) is 0. The minimum absolute atomic E-state index is 0.138. The zero-order valence-electron chi connectivity index (χ0n) is 16.4. The summed E-state index contributed by atoms with van der Waals surface area (Å²) in [5.41, 5.74) is 1.79. The molecule has 0 spiro atoms. The van der Waals surface area contributed by atoms with Crippen LogP contribution in [-0.4, -0.2) is 29.5 Å². The third kappa shape index (κ3) is 4.62. The number of fused-ring (bicyclic) bond motifs is 1. The number of carbonyl (C=O) groups excluding carboxylic acids is 3. The van der Waals surface area contributed by atoms with Gasteiger partial charge in [0.25, 0.3) is 11.8 Å². The fraction of sp³-hybridized carbons (Fsp3) is 0.0909. The van der Waals surface area contributed by atoms with Crippen molar-refractivity contribution in [2.75, 3.05) is 11.9 Å². The molecule has 4 aromatic rings. The Labute approximate surface area is 185 Å². The highest BCUT2D eigenvalue weighted by molar-refractivity contribution is 7.21. The van der Waals surface area contributed by atoms with Gasteiger partial charge in [-0.3, -0.25) is 14.9 Å². The van der Waals surface area contributed by atoms with E-state index in [1.165, 1.54) is 22.7 Å². The summed E-state index contributed by atoms with van der Waals surface area (Å²) in [5, 5.41) is 5.57. The molecule has 2 heterocycles. The molecule has 3 amide bonds. The number of hydrogen-bond donors (Lipinski definition) is 2. The molecule has 0 aliphatic rings. The van der Waals surface area contributed by atoms with Gasteiger partial charge in [-0.1, -0.05) is 42.5 Å². The lowest BCUT2D eigenvalue weighted by Crippen LogP contribution is -2.31. The molecule has 0 radical (unpaired) electrons. The van der Waals surface area contributed by atoms with Crippen LogP contribution in [0, 0.1) is 0 Å². The van der Waals surface area contributed by atoms with E-state index in [1.54, 1.807) is 13.0 Å². The Morgan fingerprint density at radius 1 is 0.968 bits per heavy atom. The fourth-order valence-corrected chi connectivity index (χ4v) is 4.77. The standard InChI is InChI=1S/C22H17N3O4S2/c1-2-29-22(28)25-18(26)14-12-17(13-8-4-3-5-9-13)31-20(14)24-19(27)21-23-15-10-6-7-11-16(15)30-21/h3-12H,2H2,1H3,(H,24,27)(H,25,26,28). The number of imide groups is 1. The number of amides is 3.